The first kappa shape index (κ1) is 18.3. The van der Waals surface area contributed by atoms with E-state index >= 15 is 0 Å². The van der Waals surface area contributed by atoms with E-state index in [9.17, 15) is 4.39 Å². The number of fused-ring (bicyclic) bond motifs is 1. The van der Waals surface area contributed by atoms with Crippen molar-refractivity contribution >= 4 is 23.0 Å². The van der Waals surface area contributed by atoms with Crippen LogP contribution in [0.5, 0.6) is 5.75 Å². The Labute approximate surface area is 192 Å². The molecule has 2 aromatic carbocycles. The normalized spacial score (nSPS) is 15.2. The molecule has 0 unspecified atom stereocenters. The van der Waals surface area contributed by atoms with Crippen LogP contribution in [0.4, 0.5) is 10.1 Å². The zero-order chi connectivity index (χ0) is 15.2. The Hall–Kier alpha value is -0.0181. The zero-order valence-electron chi connectivity index (χ0n) is 12.6. The fourth-order valence-corrected chi connectivity index (χ4v) is 2.40. The smallest absolute Gasteiger partial charge is 0.699 e. The third kappa shape index (κ3) is 3.72. The van der Waals surface area contributed by atoms with Gasteiger partial charge in [0.05, 0.1) is 10.7 Å². The van der Waals surface area contributed by atoms with Crippen LogP contribution in [0.25, 0.3) is 5.73 Å². The maximum Gasteiger partial charge on any atom is 1.00 e. The van der Waals surface area contributed by atoms with Crippen LogP contribution < -0.4 is 73.6 Å². The summed E-state index contributed by atoms with van der Waals surface area (Å²) in [6.07, 6.45) is 0. The minimum Gasteiger partial charge on any atom is -0.699 e. The van der Waals surface area contributed by atoms with Crippen molar-refractivity contribution in [2.24, 2.45) is 4.99 Å². The van der Waals surface area contributed by atoms with E-state index in [1.54, 1.807) is 24.3 Å². The van der Waals surface area contributed by atoms with Crippen molar-refractivity contribution in [2.75, 3.05) is 0 Å². The van der Waals surface area contributed by atoms with Gasteiger partial charge >= 0.3 is 68.9 Å². The number of nitrogens with zero attached hydrogens (tertiary/aromatic N) is 1. The van der Waals surface area contributed by atoms with Gasteiger partial charge in [-0.2, -0.15) is 0 Å². The van der Waals surface area contributed by atoms with Crippen molar-refractivity contribution < 1.29 is 78.0 Å². The number of nitrogens with one attached hydrogen (secondary N) is 1. The number of halogens is 2. The van der Waals surface area contributed by atoms with Gasteiger partial charge in [0.25, 0.3) is 0 Å². The number of aliphatic imine (C=N–C) groups is 1. The molecular formula is C16H13ClCsFN2O. The van der Waals surface area contributed by atoms with E-state index in [4.69, 9.17) is 22.1 Å². The van der Waals surface area contributed by atoms with E-state index < -0.39 is 11.5 Å². The second kappa shape index (κ2) is 6.85. The van der Waals surface area contributed by atoms with Crippen molar-refractivity contribution in [1.82, 2.24) is 0 Å². The van der Waals surface area contributed by atoms with E-state index in [0.717, 1.165) is 5.56 Å². The summed E-state index contributed by atoms with van der Waals surface area (Å²) in [5, 5.41) is 0.0763. The Bertz CT molecular complexity index is 762. The van der Waals surface area contributed by atoms with Gasteiger partial charge in [-0.1, -0.05) is 29.8 Å². The SMILES string of the molecule is CC1(C)N=C(c2ccc(Cl)c(F)c2)c2ccc([NH-])cc2O1.[Cs+]. The van der Waals surface area contributed by atoms with Crippen LogP contribution in [0, 0.1) is 5.82 Å². The van der Waals surface area contributed by atoms with Gasteiger partial charge in [-0.3, -0.25) is 0 Å². The zero-order valence-corrected chi connectivity index (χ0v) is 19.6. The third-order valence-electron chi connectivity index (χ3n) is 3.17. The van der Waals surface area contributed by atoms with Crippen LogP contribution in [-0.4, -0.2) is 11.4 Å². The standard InChI is InChI=1S/C16H13ClFN2O.Cs/c1-16(2)20-15(9-3-6-12(17)13(18)7-9)11-5-4-10(19)8-14(11)21-16;/h3-8,19H,1-2H3;/q-1;+1. The second-order valence-electron chi connectivity index (χ2n) is 5.35. The van der Waals surface area contributed by atoms with Crippen LogP contribution in [0.3, 0.4) is 0 Å². The molecule has 1 N–H and O–H groups in total. The van der Waals surface area contributed by atoms with Crippen molar-refractivity contribution in [3.63, 3.8) is 0 Å². The van der Waals surface area contributed by atoms with Gasteiger partial charge in [-0.25, -0.2) is 9.38 Å². The molecule has 108 valence electrons. The van der Waals surface area contributed by atoms with Crippen molar-refractivity contribution in [3.05, 3.63) is 64.1 Å². The Morgan fingerprint density at radius 2 is 1.91 bits per heavy atom. The molecule has 0 bridgehead atoms. The molecular weight excluding hydrogens is 424 g/mol. The van der Waals surface area contributed by atoms with Gasteiger partial charge in [0, 0.05) is 11.1 Å². The first-order chi connectivity index (χ1) is 9.85. The number of hydrogen-bond donors (Lipinski definition) is 0. The first-order valence-electron chi connectivity index (χ1n) is 6.46. The summed E-state index contributed by atoms with van der Waals surface area (Å²) < 4.78 is 19.5. The number of hydrogen-bond acceptors (Lipinski definition) is 2. The fourth-order valence-electron chi connectivity index (χ4n) is 2.29. The van der Waals surface area contributed by atoms with Crippen molar-refractivity contribution in [2.45, 2.75) is 19.6 Å². The predicted octanol–water partition coefficient (Wildman–Crippen LogP) is 2.13. The summed E-state index contributed by atoms with van der Waals surface area (Å²) in [6.45, 7) is 3.64. The quantitative estimate of drug-likeness (QED) is 0.676. The molecule has 0 fully saturated rings. The Morgan fingerprint density at radius 3 is 2.59 bits per heavy atom. The molecule has 2 aromatic rings. The molecule has 1 heterocycles. The van der Waals surface area contributed by atoms with Crippen LogP contribution in [0.2, 0.25) is 5.02 Å². The molecule has 0 saturated heterocycles. The second-order valence-corrected chi connectivity index (χ2v) is 5.76. The molecule has 0 saturated carbocycles. The van der Waals surface area contributed by atoms with E-state index in [1.807, 2.05) is 13.8 Å². The van der Waals surface area contributed by atoms with Gasteiger partial charge in [0.1, 0.15) is 11.6 Å². The maximum absolute atomic E-state index is 13.7. The molecule has 0 radical (unpaired) electrons. The van der Waals surface area contributed by atoms with E-state index in [1.165, 1.54) is 12.1 Å². The van der Waals surface area contributed by atoms with Gasteiger partial charge in [0.2, 0.25) is 0 Å². The fraction of sp³-hybridized carbons (Fsp3) is 0.188. The first-order valence-corrected chi connectivity index (χ1v) is 6.84. The summed E-state index contributed by atoms with van der Waals surface area (Å²) >= 11 is 5.73. The average Bonchev–Trinajstić information content (AvgIpc) is 2.39. The summed E-state index contributed by atoms with van der Waals surface area (Å²) in [5.74, 6) is 0.0904. The minimum absolute atomic E-state index is 0. The molecule has 6 heteroatoms. The summed E-state index contributed by atoms with van der Waals surface area (Å²) in [6, 6.07) is 9.65. The van der Waals surface area contributed by atoms with Crippen LogP contribution in [0.15, 0.2) is 41.4 Å². The van der Waals surface area contributed by atoms with Gasteiger partial charge in [-0.05, 0) is 32.0 Å². The van der Waals surface area contributed by atoms with E-state index in [0.29, 0.717) is 22.7 Å². The Balaban J connectivity index is 0.00000176. The molecule has 0 atom stereocenters. The Kier molecular flexibility index (Phi) is 5.70. The molecule has 1 aliphatic heterocycles. The molecule has 0 spiro atoms. The monoisotopic (exact) mass is 436 g/mol. The third-order valence-corrected chi connectivity index (χ3v) is 3.48. The van der Waals surface area contributed by atoms with Gasteiger partial charge < -0.3 is 10.5 Å². The molecule has 0 amide bonds. The molecule has 0 aromatic heterocycles. The van der Waals surface area contributed by atoms with Crippen molar-refractivity contribution in [3.8, 4) is 5.75 Å². The summed E-state index contributed by atoms with van der Waals surface area (Å²) in [5.41, 5.74) is 9.29. The summed E-state index contributed by atoms with van der Waals surface area (Å²) in [4.78, 5) is 4.55. The molecule has 22 heavy (non-hydrogen) atoms. The van der Waals surface area contributed by atoms with Gasteiger partial charge in [-0.15, -0.1) is 5.69 Å². The number of rotatable bonds is 1. The topological polar surface area (TPSA) is 45.4 Å². The van der Waals surface area contributed by atoms with Crippen LogP contribution >= 0.6 is 11.6 Å². The van der Waals surface area contributed by atoms with E-state index in [2.05, 4.69) is 4.99 Å². The number of benzene rings is 2. The van der Waals surface area contributed by atoms with Crippen LogP contribution in [-0.2, 0) is 0 Å². The minimum atomic E-state index is -0.772. The Morgan fingerprint density at radius 1 is 1.18 bits per heavy atom. The number of ether oxygens (including phenoxy) is 1. The van der Waals surface area contributed by atoms with Gasteiger partial charge in [0.15, 0.2) is 5.72 Å². The largest absolute Gasteiger partial charge is 1.00 e. The predicted molar refractivity (Wildman–Crippen MR) is 82.2 cm³/mol. The average molecular weight is 437 g/mol. The summed E-state index contributed by atoms with van der Waals surface area (Å²) in [7, 11) is 0. The van der Waals surface area contributed by atoms with Crippen molar-refractivity contribution in [1.29, 1.82) is 0 Å². The van der Waals surface area contributed by atoms with Crippen LogP contribution in [0.1, 0.15) is 25.0 Å². The molecule has 1 aliphatic rings. The maximum atomic E-state index is 13.7. The molecule has 0 aliphatic carbocycles. The van der Waals surface area contributed by atoms with E-state index in [-0.39, 0.29) is 73.9 Å². The molecule has 3 nitrogen and oxygen atoms in total. The molecule has 3 rings (SSSR count).